The monoisotopic (exact) mass is 218 g/mol. The molecule has 0 aliphatic carbocycles. The summed E-state index contributed by atoms with van der Waals surface area (Å²) in [6, 6.07) is 0. The molecule has 0 aromatic rings. The highest BCUT2D eigenvalue weighted by Gasteiger charge is 2.41. The van der Waals surface area contributed by atoms with Gasteiger partial charge in [-0.15, -0.1) is 0 Å². The molecule has 1 aliphatic rings. The van der Waals surface area contributed by atoms with E-state index in [-0.39, 0.29) is 19.8 Å². The second-order valence-electron chi connectivity index (χ2n) is 3.52. The average molecular weight is 218 g/mol. The number of hydrogen-bond donors (Lipinski definition) is 0. The molecule has 0 amide bonds. The van der Waals surface area contributed by atoms with Gasteiger partial charge in [0.05, 0.1) is 6.61 Å². The lowest BCUT2D eigenvalue weighted by Gasteiger charge is -2.29. The minimum Gasteiger partial charge on any atom is -0.463 e. The van der Waals surface area contributed by atoms with Crippen molar-refractivity contribution >= 4 is 12.1 Å². The molecular formula is C9H14O6. The van der Waals surface area contributed by atoms with Crippen LogP contribution < -0.4 is 0 Å². The van der Waals surface area contributed by atoms with Crippen LogP contribution in [0.2, 0.25) is 0 Å². The number of hydrogen-bond acceptors (Lipinski definition) is 6. The van der Waals surface area contributed by atoms with Crippen molar-refractivity contribution in [2.45, 2.75) is 6.92 Å². The molecule has 0 aromatic carbocycles. The molecule has 15 heavy (non-hydrogen) atoms. The second kappa shape index (κ2) is 4.97. The smallest absolute Gasteiger partial charge is 0.463 e. The molecule has 0 bridgehead atoms. The summed E-state index contributed by atoms with van der Waals surface area (Å²) in [5, 5.41) is 0. The third-order valence-corrected chi connectivity index (χ3v) is 2.03. The number of methoxy groups -OCH3 is 1. The maximum absolute atomic E-state index is 11.6. The summed E-state index contributed by atoms with van der Waals surface area (Å²) in [5.41, 5.74) is -0.915. The SMILES string of the molecule is COCCOC(=O)C1(C)COC(=O)OC1. The van der Waals surface area contributed by atoms with Gasteiger partial charge in [-0.1, -0.05) is 0 Å². The van der Waals surface area contributed by atoms with Gasteiger partial charge in [0.25, 0.3) is 0 Å². The van der Waals surface area contributed by atoms with Crippen LogP contribution in [-0.4, -0.2) is 45.7 Å². The van der Waals surface area contributed by atoms with Gasteiger partial charge in [0, 0.05) is 7.11 Å². The van der Waals surface area contributed by atoms with Gasteiger partial charge in [-0.2, -0.15) is 0 Å². The summed E-state index contributed by atoms with van der Waals surface area (Å²) in [6.45, 7) is 2.10. The molecule has 0 unspecified atom stereocenters. The van der Waals surface area contributed by atoms with Gasteiger partial charge in [0.1, 0.15) is 25.2 Å². The summed E-state index contributed by atoms with van der Waals surface area (Å²) in [4.78, 5) is 22.2. The summed E-state index contributed by atoms with van der Waals surface area (Å²) in [6.07, 6.45) is -0.753. The van der Waals surface area contributed by atoms with Gasteiger partial charge in [0.2, 0.25) is 0 Å². The zero-order valence-electron chi connectivity index (χ0n) is 8.78. The van der Waals surface area contributed by atoms with Crippen LogP contribution in [0.1, 0.15) is 6.92 Å². The molecular weight excluding hydrogens is 204 g/mol. The standard InChI is InChI=1S/C9H14O6/c1-9(5-14-8(11)15-6-9)7(10)13-4-3-12-2/h3-6H2,1-2H3. The largest absolute Gasteiger partial charge is 0.508 e. The normalized spacial score (nSPS) is 18.9. The van der Waals surface area contributed by atoms with Gasteiger partial charge in [0.15, 0.2) is 0 Å². The van der Waals surface area contributed by atoms with E-state index >= 15 is 0 Å². The molecule has 1 rings (SSSR count). The first-order valence-electron chi connectivity index (χ1n) is 4.54. The highest BCUT2D eigenvalue weighted by atomic mass is 16.7. The molecule has 0 atom stereocenters. The topological polar surface area (TPSA) is 71.1 Å². The Morgan fingerprint density at radius 1 is 1.40 bits per heavy atom. The van der Waals surface area contributed by atoms with Crippen LogP contribution in [0.15, 0.2) is 0 Å². The number of rotatable bonds is 4. The van der Waals surface area contributed by atoms with E-state index in [1.165, 1.54) is 7.11 Å². The van der Waals surface area contributed by atoms with Crippen molar-refractivity contribution in [3.8, 4) is 0 Å². The molecule has 0 saturated carbocycles. The van der Waals surface area contributed by atoms with Crippen molar-refractivity contribution in [3.63, 3.8) is 0 Å². The molecule has 0 N–H and O–H groups in total. The highest BCUT2D eigenvalue weighted by Crippen LogP contribution is 2.23. The Bertz CT molecular complexity index is 239. The van der Waals surface area contributed by atoms with Crippen molar-refractivity contribution in [2.24, 2.45) is 5.41 Å². The number of cyclic esters (lactones) is 2. The lowest BCUT2D eigenvalue weighted by molar-refractivity contribution is -0.167. The maximum Gasteiger partial charge on any atom is 0.508 e. The Labute approximate surface area is 87.4 Å². The Balaban J connectivity index is 2.40. The number of carbonyl (C=O) groups excluding carboxylic acids is 2. The lowest BCUT2D eigenvalue weighted by atomic mass is 9.93. The summed E-state index contributed by atoms with van der Waals surface area (Å²) >= 11 is 0. The van der Waals surface area contributed by atoms with E-state index in [1.54, 1.807) is 6.92 Å². The lowest BCUT2D eigenvalue weighted by Crippen LogP contribution is -2.44. The molecule has 86 valence electrons. The third kappa shape index (κ3) is 3.09. The Kier molecular flexibility index (Phi) is 3.90. The van der Waals surface area contributed by atoms with Crippen LogP contribution in [0.3, 0.4) is 0 Å². The zero-order chi connectivity index (χ0) is 11.3. The average Bonchev–Trinajstić information content (AvgIpc) is 2.23. The first-order valence-corrected chi connectivity index (χ1v) is 4.54. The van der Waals surface area contributed by atoms with Crippen LogP contribution in [0, 0.1) is 5.41 Å². The minimum absolute atomic E-state index is 0.0162. The molecule has 1 saturated heterocycles. The third-order valence-electron chi connectivity index (χ3n) is 2.03. The Hall–Kier alpha value is -1.30. The fourth-order valence-corrected chi connectivity index (χ4v) is 1.03. The van der Waals surface area contributed by atoms with E-state index in [2.05, 4.69) is 9.47 Å². The van der Waals surface area contributed by atoms with Crippen LogP contribution in [0.4, 0.5) is 4.79 Å². The van der Waals surface area contributed by atoms with Crippen molar-refractivity contribution in [3.05, 3.63) is 0 Å². The predicted molar refractivity (Wildman–Crippen MR) is 48.2 cm³/mol. The fourth-order valence-electron chi connectivity index (χ4n) is 1.03. The highest BCUT2D eigenvalue weighted by molar-refractivity contribution is 5.78. The van der Waals surface area contributed by atoms with Crippen molar-refractivity contribution in [2.75, 3.05) is 33.5 Å². The van der Waals surface area contributed by atoms with E-state index in [1.807, 2.05) is 0 Å². The van der Waals surface area contributed by atoms with E-state index < -0.39 is 17.5 Å². The summed E-state index contributed by atoms with van der Waals surface area (Å²) < 4.78 is 18.9. The quantitative estimate of drug-likeness (QED) is 0.501. The minimum atomic E-state index is -0.915. The molecule has 0 radical (unpaired) electrons. The zero-order valence-corrected chi connectivity index (χ0v) is 8.78. The van der Waals surface area contributed by atoms with Gasteiger partial charge in [-0.3, -0.25) is 4.79 Å². The predicted octanol–water partition coefficient (Wildman–Crippen LogP) is 0.349. The van der Waals surface area contributed by atoms with Gasteiger partial charge >= 0.3 is 12.1 Å². The van der Waals surface area contributed by atoms with Crippen molar-refractivity contribution in [1.82, 2.24) is 0 Å². The summed E-state index contributed by atoms with van der Waals surface area (Å²) in [5.74, 6) is -0.452. The van der Waals surface area contributed by atoms with Crippen LogP contribution in [-0.2, 0) is 23.7 Å². The second-order valence-corrected chi connectivity index (χ2v) is 3.52. The number of ether oxygens (including phenoxy) is 4. The van der Waals surface area contributed by atoms with Gasteiger partial charge in [-0.25, -0.2) is 4.79 Å². The number of carbonyl (C=O) groups is 2. The van der Waals surface area contributed by atoms with E-state index in [0.29, 0.717) is 6.61 Å². The van der Waals surface area contributed by atoms with E-state index in [4.69, 9.17) is 9.47 Å². The maximum atomic E-state index is 11.6. The molecule has 0 aromatic heterocycles. The summed E-state index contributed by atoms with van der Waals surface area (Å²) in [7, 11) is 1.51. The molecule has 1 aliphatic heterocycles. The van der Waals surface area contributed by atoms with Gasteiger partial charge < -0.3 is 18.9 Å². The van der Waals surface area contributed by atoms with Crippen molar-refractivity contribution in [1.29, 1.82) is 0 Å². The Morgan fingerprint density at radius 3 is 2.53 bits per heavy atom. The molecule has 0 spiro atoms. The van der Waals surface area contributed by atoms with E-state index in [9.17, 15) is 9.59 Å². The molecule has 1 heterocycles. The van der Waals surface area contributed by atoms with E-state index in [0.717, 1.165) is 0 Å². The Morgan fingerprint density at radius 2 is 2.00 bits per heavy atom. The molecule has 1 fully saturated rings. The first kappa shape index (κ1) is 11.8. The van der Waals surface area contributed by atoms with Gasteiger partial charge in [-0.05, 0) is 6.92 Å². The molecule has 6 nitrogen and oxygen atoms in total. The van der Waals surface area contributed by atoms with Crippen LogP contribution in [0.5, 0.6) is 0 Å². The molecule has 6 heteroatoms. The van der Waals surface area contributed by atoms with Crippen molar-refractivity contribution < 1.29 is 28.5 Å². The van der Waals surface area contributed by atoms with Crippen LogP contribution >= 0.6 is 0 Å². The fraction of sp³-hybridized carbons (Fsp3) is 0.778. The first-order chi connectivity index (χ1) is 7.08. The number of esters is 1. The van der Waals surface area contributed by atoms with Crippen LogP contribution in [0.25, 0.3) is 0 Å².